The minimum absolute atomic E-state index is 0.192. The molecule has 2 N–H and O–H groups in total. The quantitative estimate of drug-likeness (QED) is 0.302. The fraction of sp³-hybridized carbons (Fsp3) is 0.393. The monoisotopic (exact) mass is 490 g/mol. The van der Waals surface area contributed by atoms with Crippen molar-refractivity contribution in [1.82, 2.24) is 9.55 Å². The number of aromatic nitrogens is 2. The average Bonchev–Trinajstić information content (AvgIpc) is 3.51. The van der Waals surface area contributed by atoms with Crippen LogP contribution in [0.25, 0.3) is 11.0 Å². The van der Waals surface area contributed by atoms with Crippen LogP contribution in [-0.2, 0) is 20.8 Å². The van der Waals surface area contributed by atoms with Crippen LogP contribution in [0.4, 0.5) is 11.4 Å². The van der Waals surface area contributed by atoms with Crippen LogP contribution in [0.2, 0.25) is 0 Å². The second kappa shape index (κ2) is 11.4. The Morgan fingerprint density at radius 2 is 2.08 bits per heavy atom. The number of carbonyl (C=O) groups excluding carboxylic acids is 2. The van der Waals surface area contributed by atoms with E-state index < -0.39 is 12.1 Å². The van der Waals surface area contributed by atoms with Gasteiger partial charge in [0, 0.05) is 24.6 Å². The van der Waals surface area contributed by atoms with E-state index in [-0.39, 0.29) is 17.6 Å². The largest absolute Gasteiger partial charge is 0.464 e. The minimum Gasteiger partial charge on any atom is -0.464 e. The van der Waals surface area contributed by atoms with Crippen molar-refractivity contribution in [2.45, 2.75) is 58.2 Å². The lowest BCUT2D eigenvalue weighted by Crippen LogP contribution is -2.28. The van der Waals surface area contributed by atoms with Crippen molar-refractivity contribution >= 4 is 34.3 Å². The van der Waals surface area contributed by atoms with Crippen LogP contribution in [0.3, 0.4) is 0 Å². The predicted octanol–water partition coefficient (Wildman–Crippen LogP) is 5.15. The van der Waals surface area contributed by atoms with E-state index in [1.165, 1.54) is 7.11 Å². The molecule has 8 nitrogen and oxygen atoms in total. The number of nitrogens with zero attached hydrogens (tertiary/aromatic N) is 2. The third-order valence-electron chi connectivity index (χ3n) is 6.35. The molecule has 0 bridgehead atoms. The zero-order valence-corrected chi connectivity index (χ0v) is 21.2. The van der Waals surface area contributed by atoms with Crippen LogP contribution in [0.1, 0.15) is 55.6 Å². The standard InChI is InChI=1S/C28H34N4O4/c1-18(2)12-13-19(3)30-21-15-22-24(31-27(33)23-11-8-14-36-23)25(28(34)35-4)32(26(22)29-16-21)17-20-9-6-5-7-10-20/h5-7,9-10,15-16,19,23,30H,1,8,11-14,17H2,2-4H3,(H,31,33)/t19-,23-/m0/s1. The van der Waals surface area contributed by atoms with Crippen molar-refractivity contribution in [3.8, 4) is 0 Å². The van der Waals surface area contributed by atoms with Gasteiger partial charge in [-0.15, -0.1) is 6.58 Å². The highest BCUT2D eigenvalue weighted by molar-refractivity contribution is 6.12. The molecule has 0 aliphatic carbocycles. The van der Waals surface area contributed by atoms with Crippen molar-refractivity contribution in [1.29, 1.82) is 0 Å². The first-order valence-electron chi connectivity index (χ1n) is 12.3. The molecule has 1 aliphatic rings. The maximum absolute atomic E-state index is 13.1. The molecule has 3 heterocycles. The summed E-state index contributed by atoms with van der Waals surface area (Å²) in [6.45, 7) is 9.05. The molecule has 2 aromatic heterocycles. The van der Waals surface area contributed by atoms with Gasteiger partial charge in [-0.05, 0) is 51.2 Å². The van der Waals surface area contributed by atoms with E-state index in [2.05, 4.69) is 24.1 Å². The summed E-state index contributed by atoms with van der Waals surface area (Å²) in [5.74, 6) is -0.819. The van der Waals surface area contributed by atoms with E-state index >= 15 is 0 Å². The van der Waals surface area contributed by atoms with Gasteiger partial charge < -0.3 is 24.7 Å². The molecule has 1 fully saturated rings. The van der Waals surface area contributed by atoms with Crippen LogP contribution in [0.15, 0.2) is 54.7 Å². The van der Waals surface area contributed by atoms with Crippen molar-refractivity contribution < 1.29 is 19.1 Å². The van der Waals surface area contributed by atoms with Crippen LogP contribution in [-0.4, -0.2) is 47.3 Å². The molecular weight excluding hydrogens is 456 g/mol. The van der Waals surface area contributed by atoms with Crippen molar-refractivity contribution in [3.63, 3.8) is 0 Å². The van der Waals surface area contributed by atoms with E-state index in [9.17, 15) is 9.59 Å². The molecule has 1 aromatic carbocycles. The number of fused-ring (bicyclic) bond motifs is 1. The van der Waals surface area contributed by atoms with Gasteiger partial charge in [-0.2, -0.15) is 0 Å². The van der Waals surface area contributed by atoms with Gasteiger partial charge in [0.15, 0.2) is 5.69 Å². The van der Waals surface area contributed by atoms with Gasteiger partial charge in [-0.1, -0.05) is 35.9 Å². The minimum atomic E-state index is -0.545. The molecule has 0 unspecified atom stereocenters. The number of pyridine rings is 1. The summed E-state index contributed by atoms with van der Waals surface area (Å²) in [6, 6.07) is 11.9. The van der Waals surface area contributed by atoms with Crippen LogP contribution < -0.4 is 10.6 Å². The molecule has 0 radical (unpaired) electrons. The number of anilines is 2. The summed E-state index contributed by atoms with van der Waals surface area (Å²) >= 11 is 0. The fourth-order valence-corrected chi connectivity index (χ4v) is 4.47. The SMILES string of the molecule is C=C(C)CC[C@H](C)Nc1cnc2c(c1)c(NC(=O)[C@@H]1CCCO1)c(C(=O)OC)n2Cc1ccccc1. The second-order valence-corrected chi connectivity index (χ2v) is 9.41. The van der Waals surface area contributed by atoms with Gasteiger partial charge in [0.1, 0.15) is 11.8 Å². The number of esters is 1. The van der Waals surface area contributed by atoms with E-state index in [0.717, 1.165) is 36.1 Å². The first-order chi connectivity index (χ1) is 17.4. The highest BCUT2D eigenvalue weighted by Gasteiger charge is 2.30. The summed E-state index contributed by atoms with van der Waals surface area (Å²) < 4.78 is 12.5. The zero-order valence-electron chi connectivity index (χ0n) is 21.2. The highest BCUT2D eigenvalue weighted by Crippen LogP contribution is 2.34. The van der Waals surface area contributed by atoms with Gasteiger partial charge in [-0.25, -0.2) is 9.78 Å². The number of benzene rings is 1. The van der Waals surface area contributed by atoms with Crippen molar-refractivity contribution in [3.05, 3.63) is 66.0 Å². The molecule has 4 rings (SSSR count). The Kier molecular flexibility index (Phi) is 8.05. The fourth-order valence-electron chi connectivity index (χ4n) is 4.47. The first kappa shape index (κ1) is 25.4. The van der Waals surface area contributed by atoms with Gasteiger partial charge >= 0.3 is 5.97 Å². The Hall–Kier alpha value is -3.65. The molecule has 1 amide bonds. The average molecular weight is 491 g/mol. The number of rotatable bonds is 10. The molecule has 36 heavy (non-hydrogen) atoms. The van der Waals surface area contributed by atoms with Crippen LogP contribution in [0, 0.1) is 0 Å². The first-order valence-corrected chi connectivity index (χ1v) is 12.3. The second-order valence-electron chi connectivity index (χ2n) is 9.41. The summed E-state index contributed by atoms with van der Waals surface area (Å²) in [4.78, 5) is 30.8. The molecule has 0 spiro atoms. The molecule has 2 atom stereocenters. The number of amides is 1. The maximum Gasteiger partial charge on any atom is 0.356 e. The Bertz CT molecular complexity index is 1250. The van der Waals surface area contributed by atoms with Crippen molar-refractivity contribution in [2.75, 3.05) is 24.4 Å². The molecule has 8 heteroatoms. The third kappa shape index (κ3) is 5.76. The van der Waals surface area contributed by atoms with Gasteiger partial charge in [-0.3, -0.25) is 4.79 Å². The van der Waals surface area contributed by atoms with Gasteiger partial charge in [0.25, 0.3) is 5.91 Å². The Morgan fingerprint density at radius 1 is 1.31 bits per heavy atom. The van der Waals surface area contributed by atoms with Crippen LogP contribution in [0.5, 0.6) is 0 Å². The number of nitrogens with one attached hydrogen (secondary N) is 2. The summed E-state index contributed by atoms with van der Waals surface area (Å²) in [7, 11) is 1.34. The number of allylic oxidation sites excluding steroid dienone is 1. The van der Waals surface area contributed by atoms with Crippen LogP contribution >= 0.6 is 0 Å². The van der Waals surface area contributed by atoms with E-state index in [0.29, 0.717) is 36.3 Å². The van der Waals surface area contributed by atoms with Gasteiger partial charge in [0.2, 0.25) is 0 Å². The molecular formula is C28H34N4O4. The summed E-state index contributed by atoms with van der Waals surface area (Å²) in [6.07, 6.45) is 4.54. The smallest absolute Gasteiger partial charge is 0.356 e. The number of hydrogen-bond donors (Lipinski definition) is 2. The molecule has 190 valence electrons. The van der Waals surface area contributed by atoms with E-state index in [4.69, 9.17) is 14.5 Å². The number of carbonyl (C=O) groups is 2. The third-order valence-corrected chi connectivity index (χ3v) is 6.35. The normalized spacial score (nSPS) is 16.0. The Balaban J connectivity index is 1.79. The topological polar surface area (TPSA) is 94.5 Å². The Labute approximate surface area is 211 Å². The van der Waals surface area contributed by atoms with Gasteiger partial charge in [0.05, 0.1) is 24.7 Å². The predicted molar refractivity (Wildman–Crippen MR) is 141 cm³/mol. The van der Waals surface area contributed by atoms with E-state index in [1.54, 1.807) is 10.8 Å². The summed E-state index contributed by atoms with van der Waals surface area (Å²) in [5, 5.41) is 7.11. The lowest BCUT2D eigenvalue weighted by atomic mass is 10.1. The molecule has 1 aliphatic heterocycles. The molecule has 1 saturated heterocycles. The molecule has 0 saturated carbocycles. The Morgan fingerprint density at radius 3 is 2.75 bits per heavy atom. The van der Waals surface area contributed by atoms with Crippen molar-refractivity contribution in [2.24, 2.45) is 0 Å². The van der Waals surface area contributed by atoms with E-state index in [1.807, 2.05) is 43.3 Å². The molecule has 3 aromatic rings. The highest BCUT2D eigenvalue weighted by atomic mass is 16.5. The lowest BCUT2D eigenvalue weighted by molar-refractivity contribution is -0.124. The number of hydrogen-bond acceptors (Lipinski definition) is 6. The maximum atomic E-state index is 13.1. The number of methoxy groups -OCH3 is 1. The summed E-state index contributed by atoms with van der Waals surface area (Å²) in [5.41, 5.74) is 4.16. The zero-order chi connectivity index (χ0) is 25.7. The lowest BCUT2D eigenvalue weighted by Gasteiger charge is -2.15. The number of ether oxygens (including phenoxy) is 2.